The minimum absolute atomic E-state index is 0. The van der Waals surface area contributed by atoms with Gasteiger partial charge in [0.25, 0.3) is 0 Å². The molecule has 824 valence electrons. The van der Waals surface area contributed by atoms with E-state index in [-0.39, 0.29) is 56.7 Å². The summed E-state index contributed by atoms with van der Waals surface area (Å²) in [7, 11) is -21.2. The van der Waals surface area contributed by atoms with E-state index in [1.807, 2.05) is 0 Å². The van der Waals surface area contributed by atoms with Crippen molar-refractivity contribution in [2.45, 2.75) is 426 Å². The molecule has 0 saturated heterocycles. The second kappa shape index (κ2) is 78.7. The van der Waals surface area contributed by atoms with Crippen molar-refractivity contribution in [3.63, 3.8) is 0 Å². The fourth-order valence-electron chi connectivity index (χ4n) is 17.0. The molecule has 0 saturated carbocycles. The van der Waals surface area contributed by atoms with Crippen molar-refractivity contribution in [3.05, 3.63) is 0 Å². The SMILES string of the molecule is C.CCC(CO)(COCCC[Si](C)(C)O[Si](C)(C)CCCOCC(C)O)COCCC[Si](C)(C)O[Si](C)(C)CCCOCC(C)O.CCC(CO)(COCCC[Si](C)(C)O[Si](C)(C)CCCOCCCO)COCCC[Si](C)(C)O[Si](C)(C)CCCOCC(C)O.CCCCOCCC[Si](C)(C)O[Si](C)(C)CCCOCC(CC)(CO)COCCC[Si](C)(C)O[Si](C)(C)CCCOCCCO. The zero-order valence-electron chi connectivity index (χ0n) is 93.6. The monoisotopic (exact) mass is 2160 g/mol. The third-order valence-corrected chi connectivity index (χ3v) is 69.7. The molecule has 0 spiro atoms. The lowest BCUT2D eigenvalue weighted by molar-refractivity contribution is -0.0530. The highest BCUT2D eigenvalue weighted by molar-refractivity contribution is 6.88. The van der Waals surface area contributed by atoms with E-state index in [0.717, 1.165) is 202 Å². The Morgan fingerprint density at radius 2 is 0.331 bits per heavy atom. The Morgan fingerprint density at radius 1 is 0.199 bits per heavy atom. The smallest absolute Gasteiger partial charge is 0.173 e. The van der Waals surface area contributed by atoms with Gasteiger partial charge in [-0.1, -0.05) is 41.5 Å². The molecular formula is C98H228O26Si12. The van der Waals surface area contributed by atoms with Crippen LogP contribution in [0.3, 0.4) is 0 Å². The van der Waals surface area contributed by atoms with E-state index in [9.17, 15) is 30.6 Å². The molecule has 0 aromatic heterocycles. The van der Waals surface area contributed by atoms with Crippen LogP contribution in [0.15, 0.2) is 0 Å². The molecule has 0 amide bonds. The highest BCUT2D eigenvalue weighted by Gasteiger charge is 2.40. The molecule has 0 aliphatic carbocycles. The molecule has 0 bridgehead atoms. The van der Waals surface area contributed by atoms with Gasteiger partial charge >= 0.3 is 0 Å². The fourth-order valence-corrected chi connectivity index (χ4v) is 69.8. The minimum Gasteiger partial charge on any atom is -0.455 e. The zero-order chi connectivity index (χ0) is 103. The van der Waals surface area contributed by atoms with Gasteiger partial charge in [-0.25, -0.2) is 0 Å². The van der Waals surface area contributed by atoms with Crippen LogP contribution in [-0.4, -0.2) is 351 Å². The molecule has 0 aromatic carbocycles. The summed E-state index contributed by atoms with van der Waals surface area (Å²) in [5.41, 5.74) is -1.09. The van der Waals surface area contributed by atoms with E-state index in [0.29, 0.717) is 145 Å². The Balaban J connectivity index is -0.000000957. The molecule has 0 aromatic rings. The number of aliphatic hydroxyl groups excluding tert-OH is 8. The van der Waals surface area contributed by atoms with Crippen LogP contribution in [0.25, 0.3) is 0 Å². The molecule has 136 heavy (non-hydrogen) atoms. The van der Waals surface area contributed by atoms with Crippen LogP contribution in [0, 0.1) is 16.2 Å². The Labute approximate surface area is 850 Å². The van der Waals surface area contributed by atoms with Gasteiger partial charge in [0.2, 0.25) is 0 Å². The molecule has 5 atom stereocenters. The van der Waals surface area contributed by atoms with Gasteiger partial charge in [0.1, 0.15) is 0 Å². The van der Waals surface area contributed by atoms with E-state index >= 15 is 0 Å². The first-order valence-corrected chi connectivity index (χ1v) is 90.4. The number of hydrogen-bond acceptors (Lipinski definition) is 26. The molecule has 0 aliphatic rings. The fraction of sp³-hybridized carbons (Fsp3) is 1.00. The maximum atomic E-state index is 10.3. The summed E-state index contributed by atoms with van der Waals surface area (Å²) < 4.78 is 111. The van der Waals surface area contributed by atoms with Gasteiger partial charge in [-0.05, 0) is 366 Å². The number of rotatable bonds is 93. The molecule has 0 aliphatic heterocycles. The molecular weight excluding hydrogens is 1930 g/mol. The lowest BCUT2D eigenvalue weighted by Crippen LogP contribution is -2.44. The molecule has 5 unspecified atom stereocenters. The number of ether oxygens (including phenoxy) is 12. The third kappa shape index (κ3) is 85.4. The second-order valence-electron chi connectivity index (χ2n) is 46.4. The van der Waals surface area contributed by atoms with E-state index < -0.39 is 118 Å². The van der Waals surface area contributed by atoms with Crippen molar-refractivity contribution in [1.82, 2.24) is 0 Å². The van der Waals surface area contributed by atoms with E-state index in [4.69, 9.17) is 91.7 Å². The summed E-state index contributed by atoms with van der Waals surface area (Å²) >= 11 is 0. The lowest BCUT2D eigenvalue weighted by atomic mass is 9.88. The molecule has 0 fully saturated rings. The van der Waals surface area contributed by atoms with Crippen molar-refractivity contribution < 1.29 is 122 Å². The average Bonchev–Trinajstić information content (AvgIpc) is 0.874. The normalized spacial score (nSPS) is 15.3. The largest absolute Gasteiger partial charge is 0.455 e. The first kappa shape index (κ1) is 144. The van der Waals surface area contributed by atoms with Crippen LogP contribution in [0.2, 0.25) is 230 Å². The summed E-state index contributed by atoms with van der Waals surface area (Å²) in [5, 5.41) is 76.5. The quantitative estimate of drug-likeness (QED) is 0.0207. The van der Waals surface area contributed by atoms with Gasteiger partial charge in [0.05, 0.1) is 97.6 Å². The summed E-state index contributed by atoms with van der Waals surface area (Å²) in [6.07, 6.45) is 16.8. The van der Waals surface area contributed by atoms with Gasteiger partial charge in [0, 0.05) is 129 Å². The Bertz CT molecular complexity index is 2610. The molecule has 38 heteroatoms. The summed E-state index contributed by atoms with van der Waals surface area (Å²) in [6, 6.07) is 12.9. The molecule has 0 rings (SSSR count). The predicted molar refractivity (Wildman–Crippen MR) is 599 cm³/mol. The van der Waals surface area contributed by atoms with Crippen LogP contribution in [0.5, 0.6) is 0 Å². The first-order valence-electron chi connectivity index (χ1n) is 53.0. The van der Waals surface area contributed by atoms with Crippen molar-refractivity contribution in [2.24, 2.45) is 16.2 Å². The van der Waals surface area contributed by atoms with Gasteiger partial charge < -0.3 is 122 Å². The van der Waals surface area contributed by atoms with Gasteiger partial charge in [-0.3, -0.25) is 0 Å². The zero-order valence-corrected chi connectivity index (χ0v) is 106. The highest BCUT2D eigenvalue weighted by Crippen LogP contribution is 2.34. The van der Waals surface area contributed by atoms with Crippen LogP contribution < -0.4 is 0 Å². The Morgan fingerprint density at radius 3 is 0.456 bits per heavy atom. The van der Waals surface area contributed by atoms with Crippen molar-refractivity contribution in [2.75, 3.05) is 192 Å². The maximum absolute atomic E-state index is 10.3. The summed E-state index contributed by atoms with van der Waals surface area (Å²) in [5.74, 6) is 0. The highest BCUT2D eigenvalue weighted by atomic mass is 28.4. The molecule has 0 heterocycles. The van der Waals surface area contributed by atoms with Gasteiger partial charge in [-0.2, -0.15) is 0 Å². The van der Waals surface area contributed by atoms with Crippen LogP contribution >= 0.6 is 0 Å². The Hall–Kier alpha value is 1.56. The summed E-state index contributed by atoms with van der Waals surface area (Å²) in [4.78, 5) is 0. The summed E-state index contributed by atoms with van der Waals surface area (Å²) in [6.45, 7) is 84.5. The average molecular weight is 2160 g/mol. The number of aliphatic hydroxyl groups is 8. The van der Waals surface area contributed by atoms with E-state index in [2.05, 4.69) is 185 Å². The maximum Gasteiger partial charge on any atom is 0.173 e. The molecule has 8 N–H and O–H groups in total. The van der Waals surface area contributed by atoms with Crippen molar-refractivity contribution in [1.29, 1.82) is 0 Å². The predicted octanol–water partition coefficient (Wildman–Crippen LogP) is 21.9. The number of hydrogen-bond donors (Lipinski definition) is 8. The molecule has 26 nitrogen and oxygen atoms in total. The van der Waals surface area contributed by atoms with Crippen molar-refractivity contribution in [3.8, 4) is 0 Å². The first-order chi connectivity index (χ1) is 62.8. The van der Waals surface area contributed by atoms with Gasteiger partial charge in [0.15, 0.2) is 99.8 Å². The van der Waals surface area contributed by atoms with E-state index in [1.54, 1.807) is 20.8 Å². The standard InChI is InChI=1S/C33H76O8Si4.2C32H74O9Si4.CH4/c1-11-13-20-36-22-15-26-42(3,4)40-44(7,8)28-17-24-38-31-33(12-2,30-35)32-39-25-18-29-45(9,10)41-43(5,6)27-16-23-37-21-14-19-34;1-12-32(27-33,28-38-19-15-23-44(8,9)40-42(4,5)21-13-17-36-25-30(2)34)29-39-20-16-24-45(10,11)41-43(6,7)22-14-18-37-26-31(3)35;1-11-32(28-34,29-38-21-15-25-44(7,8)40-42(3,4)23-13-19-36-18-12-17-33)30-39-22-16-26-45(9,10)41-43(5,6)24-14-20-37-27-31(2)35;/h34-35H,11-32H2,1-10H3;30-31,33-35H,12-29H2,1-11H3;31,33-35H,11-30H2,1-10H3;1H4. The molecule has 0 radical (unpaired) electrons. The van der Waals surface area contributed by atoms with Gasteiger partial charge in [-0.15, -0.1) is 0 Å². The van der Waals surface area contributed by atoms with E-state index in [1.165, 1.54) is 6.42 Å². The van der Waals surface area contributed by atoms with Crippen LogP contribution in [-0.2, 0) is 81.5 Å². The number of unbranched alkanes of at least 4 members (excludes halogenated alkanes) is 1. The second-order valence-corrected chi connectivity index (χ2v) is 99.6. The van der Waals surface area contributed by atoms with Crippen LogP contribution in [0.1, 0.15) is 178 Å². The Kier molecular flexibility index (Phi) is 83.2. The topological polar surface area (TPSA) is 328 Å². The lowest BCUT2D eigenvalue weighted by Gasteiger charge is -2.35. The van der Waals surface area contributed by atoms with Crippen LogP contribution in [0.4, 0.5) is 0 Å². The minimum atomic E-state index is -1.80. The van der Waals surface area contributed by atoms with Crippen molar-refractivity contribution >= 4 is 99.8 Å². The third-order valence-electron chi connectivity index (χ3n) is 24.4.